The zero-order valence-electron chi connectivity index (χ0n) is 9.78. The van der Waals surface area contributed by atoms with Crippen molar-refractivity contribution in [1.82, 2.24) is 0 Å². The molecule has 0 bridgehead atoms. The number of nitrogens with one attached hydrogen (secondary N) is 1. The number of nitrogens with two attached hydrogens (primary N) is 1. The third kappa shape index (κ3) is 3.11. The summed E-state index contributed by atoms with van der Waals surface area (Å²) in [6.45, 7) is 2.65. The number of nitrogen functional groups attached to an aromatic ring is 1. The van der Waals surface area contributed by atoms with E-state index in [0.717, 1.165) is 38.3 Å². The van der Waals surface area contributed by atoms with Gasteiger partial charge in [0.15, 0.2) is 0 Å². The normalized spacial score (nSPS) is 16.4. The second-order valence-electron chi connectivity index (χ2n) is 4.35. The molecule has 3 N–H and O–H groups in total. The molecule has 1 aromatic rings. The largest absolute Gasteiger partial charge is 0.398 e. The first kappa shape index (κ1) is 11.7. The van der Waals surface area contributed by atoms with Crippen molar-refractivity contribution in [1.29, 1.82) is 5.26 Å². The van der Waals surface area contributed by atoms with Crippen molar-refractivity contribution in [2.75, 3.05) is 30.8 Å². The number of nitriles is 1. The van der Waals surface area contributed by atoms with E-state index in [1.54, 1.807) is 12.1 Å². The maximum Gasteiger partial charge on any atom is 0.101 e. The monoisotopic (exact) mass is 231 g/mol. The fraction of sp³-hybridized carbons (Fsp3) is 0.462. The summed E-state index contributed by atoms with van der Waals surface area (Å²) >= 11 is 0. The minimum atomic E-state index is 0.530. The lowest BCUT2D eigenvalue weighted by atomic mass is 10.0. The smallest absolute Gasteiger partial charge is 0.101 e. The van der Waals surface area contributed by atoms with E-state index in [2.05, 4.69) is 11.4 Å². The van der Waals surface area contributed by atoms with E-state index >= 15 is 0 Å². The maximum atomic E-state index is 8.89. The molecule has 0 amide bonds. The number of anilines is 2. The van der Waals surface area contributed by atoms with Crippen molar-refractivity contribution in [3.05, 3.63) is 23.8 Å². The summed E-state index contributed by atoms with van der Waals surface area (Å²) in [6.07, 6.45) is 2.21. The zero-order valence-corrected chi connectivity index (χ0v) is 9.78. The number of rotatable bonds is 3. The van der Waals surface area contributed by atoms with Crippen LogP contribution in [0.3, 0.4) is 0 Å². The molecule has 1 heterocycles. The predicted molar refractivity (Wildman–Crippen MR) is 67.6 cm³/mol. The molecule has 0 saturated carbocycles. The van der Waals surface area contributed by atoms with Gasteiger partial charge in [-0.3, -0.25) is 0 Å². The second kappa shape index (κ2) is 5.55. The van der Waals surface area contributed by atoms with Gasteiger partial charge < -0.3 is 15.8 Å². The van der Waals surface area contributed by atoms with Crippen LogP contribution in [-0.2, 0) is 4.74 Å². The van der Waals surface area contributed by atoms with Crippen LogP contribution in [-0.4, -0.2) is 19.8 Å². The van der Waals surface area contributed by atoms with E-state index < -0.39 is 0 Å². The minimum Gasteiger partial charge on any atom is -0.398 e. The van der Waals surface area contributed by atoms with Gasteiger partial charge in [-0.1, -0.05) is 0 Å². The Morgan fingerprint density at radius 3 is 2.88 bits per heavy atom. The van der Waals surface area contributed by atoms with Gasteiger partial charge in [-0.25, -0.2) is 0 Å². The molecule has 1 aromatic carbocycles. The van der Waals surface area contributed by atoms with Gasteiger partial charge in [-0.2, -0.15) is 5.26 Å². The average Bonchev–Trinajstić information content (AvgIpc) is 2.39. The molecule has 4 nitrogen and oxygen atoms in total. The number of hydrogen-bond donors (Lipinski definition) is 2. The van der Waals surface area contributed by atoms with E-state index in [1.807, 2.05) is 6.07 Å². The molecule has 2 rings (SSSR count). The highest BCUT2D eigenvalue weighted by atomic mass is 16.5. The van der Waals surface area contributed by atoms with Crippen LogP contribution in [0.25, 0.3) is 0 Å². The molecule has 1 saturated heterocycles. The van der Waals surface area contributed by atoms with E-state index in [1.165, 1.54) is 0 Å². The zero-order chi connectivity index (χ0) is 12.1. The lowest BCUT2D eigenvalue weighted by Crippen LogP contribution is -2.22. The quantitative estimate of drug-likeness (QED) is 0.780. The SMILES string of the molecule is N#Cc1cc(NCC2CCOCC2)ccc1N. The summed E-state index contributed by atoms with van der Waals surface area (Å²) in [7, 11) is 0. The Balaban J connectivity index is 1.92. The third-order valence-electron chi connectivity index (χ3n) is 3.11. The molecule has 0 atom stereocenters. The van der Waals surface area contributed by atoms with Crippen molar-refractivity contribution in [3.8, 4) is 6.07 Å². The fourth-order valence-electron chi connectivity index (χ4n) is 1.98. The van der Waals surface area contributed by atoms with Gasteiger partial charge in [0.1, 0.15) is 6.07 Å². The Morgan fingerprint density at radius 2 is 2.18 bits per heavy atom. The van der Waals surface area contributed by atoms with Crippen molar-refractivity contribution < 1.29 is 4.74 Å². The van der Waals surface area contributed by atoms with Crippen molar-refractivity contribution in [2.24, 2.45) is 5.92 Å². The summed E-state index contributed by atoms with van der Waals surface area (Å²) in [5.41, 5.74) is 7.69. The molecule has 1 aliphatic rings. The summed E-state index contributed by atoms with van der Waals surface area (Å²) in [5, 5.41) is 12.2. The van der Waals surface area contributed by atoms with Crippen LogP contribution in [0.4, 0.5) is 11.4 Å². The number of ether oxygens (including phenoxy) is 1. The molecule has 0 aliphatic carbocycles. The van der Waals surface area contributed by atoms with E-state index in [9.17, 15) is 0 Å². The topological polar surface area (TPSA) is 71.1 Å². The molecule has 17 heavy (non-hydrogen) atoms. The predicted octanol–water partition coefficient (Wildman–Crippen LogP) is 1.98. The number of nitrogens with zero attached hydrogens (tertiary/aromatic N) is 1. The second-order valence-corrected chi connectivity index (χ2v) is 4.35. The van der Waals surface area contributed by atoms with Gasteiger partial charge in [0.05, 0.1) is 5.56 Å². The summed E-state index contributed by atoms with van der Waals surface area (Å²) in [4.78, 5) is 0. The first-order valence-corrected chi connectivity index (χ1v) is 5.91. The van der Waals surface area contributed by atoms with Crippen molar-refractivity contribution >= 4 is 11.4 Å². The van der Waals surface area contributed by atoms with Crippen LogP contribution in [0.15, 0.2) is 18.2 Å². The van der Waals surface area contributed by atoms with Crippen molar-refractivity contribution in [2.45, 2.75) is 12.8 Å². The number of benzene rings is 1. The van der Waals surface area contributed by atoms with Crippen LogP contribution < -0.4 is 11.1 Å². The van der Waals surface area contributed by atoms with Crippen LogP contribution in [0.1, 0.15) is 18.4 Å². The van der Waals surface area contributed by atoms with Crippen LogP contribution in [0, 0.1) is 17.2 Å². The van der Waals surface area contributed by atoms with Gasteiger partial charge >= 0.3 is 0 Å². The molecule has 0 radical (unpaired) electrons. The molecule has 4 heteroatoms. The van der Waals surface area contributed by atoms with E-state index in [4.69, 9.17) is 15.7 Å². The highest BCUT2D eigenvalue weighted by molar-refractivity contribution is 5.61. The molecule has 90 valence electrons. The van der Waals surface area contributed by atoms with Gasteiger partial charge in [-0.05, 0) is 37.0 Å². The highest BCUT2D eigenvalue weighted by Crippen LogP contribution is 2.19. The highest BCUT2D eigenvalue weighted by Gasteiger charge is 2.13. The molecular formula is C13H17N3O. The fourth-order valence-corrected chi connectivity index (χ4v) is 1.98. The van der Waals surface area contributed by atoms with Crippen LogP contribution >= 0.6 is 0 Å². The summed E-state index contributed by atoms with van der Waals surface area (Å²) in [5.74, 6) is 0.659. The van der Waals surface area contributed by atoms with Gasteiger partial charge in [0, 0.05) is 31.1 Å². The Bertz CT molecular complexity index is 419. The Morgan fingerprint density at radius 1 is 1.41 bits per heavy atom. The molecule has 0 unspecified atom stereocenters. The maximum absolute atomic E-state index is 8.89. The van der Waals surface area contributed by atoms with Gasteiger partial charge in [-0.15, -0.1) is 0 Å². The van der Waals surface area contributed by atoms with Crippen LogP contribution in [0.2, 0.25) is 0 Å². The number of hydrogen-bond acceptors (Lipinski definition) is 4. The standard InChI is InChI=1S/C13H17N3O/c14-8-11-7-12(1-2-13(11)15)16-9-10-3-5-17-6-4-10/h1-2,7,10,16H,3-6,9,15H2. The molecular weight excluding hydrogens is 214 g/mol. The van der Waals surface area contributed by atoms with E-state index in [-0.39, 0.29) is 0 Å². The minimum absolute atomic E-state index is 0.530. The lowest BCUT2D eigenvalue weighted by molar-refractivity contribution is 0.0699. The Hall–Kier alpha value is -1.73. The summed E-state index contributed by atoms with van der Waals surface area (Å²) < 4.78 is 5.32. The van der Waals surface area contributed by atoms with Gasteiger partial charge in [0.2, 0.25) is 0 Å². The molecule has 0 spiro atoms. The first-order chi connectivity index (χ1) is 8.29. The summed E-state index contributed by atoms with van der Waals surface area (Å²) in [6, 6.07) is 7.57. The Labute approximate surface area is 101 Å². The van der Waals surface area contributed by atoms with E-state index in [0.29, 0.717) is 17.2 Å². The average molecular weight is 231 g/mol. The lowest BCUT2D eigenvalue weighted by Gasteiger charge is -2.22. The third-order valence-corrected chi connectivity index (χ3v) is 3.11. The molecule has 1 aliphatic heterocycles. The van der Waals surface area contributed by atoms with Gasteiger partial charge in [0.25, 0.3) is 0 Å². The molecule has 0 aromatic heterocycles. The molecule has 1 fully saturated rings. The van der Waals surface area contributed by atoms with Crippen molar-refractivity contribution in [3.63, 3.8) is 0 Å². The Kier molecular flexibility index (Phi) is 3.84. The first-order valence-electron chi connectivity index (χ1n) is 5.91. The van der Waals surface area contributed by atoms with Crippen LogP contribution in [0.5, 0.6) is 0 Å².